The van der Waals surface area contributed by atoms with Crippen molar-refractivity contribution < 1.29 is 0 Å². The van der Waals surface area contributed by atoms with E-state index in [4.69, 9.17) is 0 Å². The van der Waals surface area contributed by atoms with Gasteiger partial charge >= 0.3 is 0 Å². The minimum atomic E-state index is 0.0245. The van der Waals surface area contributed by atoms with E-state index in [-0.39, 0.29) is 5.56 Å². The molecule has 0 spiro atoms. The number of fused-ring (bicyclic) bond motifs is 1. The standard InChI is InChI=1S/C22H20N2OS/c1-14-9-10-18(11-15(14)2)19-16(3)26-21-20(19)22(25)24(13-23-21)12-17-7-5-4-6-8-17/h4-11,13H,12H2,1-3H3. The van der Waals surface area contributed by atoms with Gasteiger partial charge in [0.05, 0.1) is 18.3 Å². The molecule has 0 N–H and O–H groups in total. The second kappa shape index (κ2) is 6.54. The SMILES string of the molecule is Cc1ccc(-c2c(C)sc3ncn(Cc4ccccc4)c(=O)c23)cc1C. The lowest BCUT2D eigenvalue weighted by atomic mass is 9.99. The molecule has 4 rings (SSSR count). The van der Waals surface area contributed by atoms with E-state index in [0.29, 0.717) is 6.54 Å². The van der Waals surface area contributed by atoms with Crippen molar-refractivity contribution in [1.82, 2.24) is 9.55 Å². The minimum absolute atomic E-state index is 0.0245. The van der Waals surface area contributed by atoms with Gasteiger partial charge in [0, 0.05) is 10.4 Å². The van der Waals surface area contributed by atoms with Gasteiger partial charge in [0.2, 0.25) is 0 Å². The first-order valence-electron chi connectivity index (χ1n) is 8.64. The third kappa shape index (κ3) is 2.86. The average molecular weight is 360 g/mol. The second-order valence-corrected chi connectivity index (χ2v) is 7.88. The van der Waals surface area contributed by atoms with Crippen LogP contribution in [0.1, 0.15) is 21.6 Å². The molecule has 3 nitrogen and oxygen atoms in total. The maximum Gasteiger partial charge on any atom is 0.263 e. The Balaban J connectivity index is 1.91. The predicted molar refractivity (Wildman–Crippen MR) is 109 cm³/mol. The molecule has 2 aromatic heterocycles. The molecule has 0 atom stereocenters. The fourth-order valence-electron chi connectivity index (χ4n) is 3.27. The van der Waals surface area contributed by atoms with Crippen LogP contribution in [-0.4, -0.2) is 9.55 Å². The van der Waals surface area contributed by atoms with E-state index in [1.165, 1.54) is 11.1 Å². The molecule has 0 bridgehead atoms. The summed E-state index contributed by atoms with van der Waals surface area (Å²) in [6.45, 7) is 6.81. The van der Waals surface area contributed by atoms with E-state index >= 15 is 0 Å². The lowest BCUT2D eigenvalue weighted by Crippen LogP contribution is -2.21. The quantitative estimate of drug-likeness (QED) is 0.509. The van der Waals surface area contributed by atoms with Crippen LogP contribution in [-0.2, 0) is 6.54 Å². The Bertz CT molecular complexity index is 1160. The number of benzene rings is 2. The third-order valence-corrected chi connectivity index (χ3v) is 5.86. The normalized spacial score (nSPS) is 11.2. The Morgan fingerprint density at radius 1 is 1.00 bits per heavy atom. The molecule has 0 saturated carbocycles. The lowest BCUT2D eigenvalue weighted by molar-refractivity contribution is 0.749. The summed E-state index contributed by atoms with van der Waals surface area (Å²) >= 11 is 1.59. The van der Waals surface area contributed by atoms with Gasteiger partial charge in [-0.3, -0.25) is 9.36 Å². The number of hydrogen-bond donors (Lipinski definition) is 0. The summed E-state index contributed by atoms with van der Waals surface area (Å²) in [7, 11) is 0. The van der Waals surface area contributed by atoms with E-state index < -0.39 is 0 Å². The topological polar surface area (TPSA) is 34.9 Å². The zero-order chi connectivity index (χ0) is 18.3. The molecule has 0 radical (unpaired) electrons. The Labute approximate surface area is 156 Å². The van der Waals surface area contributed by atoms with Crippen molar-refractivity contribution in [2.24, 2.45) is 0 Å². The zero-order valence-electron chi connectivity index (χ0n) is 15.1. The summed E-state index contributed by atoms with van der Waals surface area (Å²) in [6.07, 6.45) is 1.66. The van der Waals surface area contributed by atoms with Crippen LogP contribution in [0.3, 0.4) is 0 Å². The van der Waals surface area contributed by atoms with Crippen molar-refractivity contribution in [2.75, 3.05) is 0 Å². The minimum Gasteiger partial charge on any atom is -0.294 e. The summed E-state index contributed by atoms with van der Waals surface area (Å²) < 4.78 is 1.70. The largest absolute Gasteiger partial charge is 0.294 e. The van der Waals surface area contributed by atoms with Crippen LogP contribution in [0.25, 0.3) is 21.3 Å². The molecule has 2 heterocycles. The first-order valence-corrected chi connectivity index (χ1v) is 9.46. The summed E-state index contributed by atoms with van der Waals surface area (Å²) in [4.78, 5) is 19.7. The van der Waals surface area contributed by atoms with Gasteiger partial charge in [-0.1, -0.05) is 48.5 Å². The summed E-state index contributed by atoms with van der Waals surface area (Å²) in [5.41, 5.74) is 5.72. The molecule has 4 heteroatoms. The lowest BCUT2D eigenvalue weighted by Gasteiger charge is -2.08. The smallest absolute Gasteiger partial charge is 0.263 e. The highest BCUT2D eigenvalue weighted by Gasteiger charge is 2.17. The highest BCUT2D eigenvalue weighted by Crippen LogP contribution is 2.36. The Morgan fingerprint density at radius 3 is 2.50 bits per heavy atom. The molecular weight excluding hydrogens is 340 g/mol. The monoisotopic (exact) mass is 360 g/mol. The zero-order valence-corrected chi connectivity index (χ0v) is 15.9. The Morgan fingerprint density at radius 2 is 1.77 bits per heavy atom. The van der Waals surface area contributed by atoms with Gasteiger partial charge in [-0.2, -0.15) is 0 Å². The van der Waals surface area contributed by atoms with Crippen molar-refractivity contribution in [3.63, 3.8) is 0 Å². The molecule has 0 amide bonds. The molecule has 2 aromatic carbocycles. The van der Waals surface area contributed by atoms with Crippen LogP contribution >= 0.6 is 11.3 Å². The van der Waals surface area contributed by atoms with Gasteiger partial charge in [-0.15, -0.1) is 11.3 Å². The molecule has 26 heavy (non-hydrogen) atoms. The fourth-order valence-corrected chi connectivity index (χ4v) is 4.28. The van der Waals surface area contributed by atoms with Gasteiger partial charge in [0.15, 0.2) is 0 Å². The average Bonchev–Trinajstić information content (AvgIpc) is 2.98. The van der Waals surface area contributed by atoms with Gasteiger partial charge in [0.25, 0.3) is 5.56 Å². The van der Waals surface area contributed by atoms with Crippen LogP contribution < -0.4 is 5.56 Å². The number of aromatic nitrogens is 2. The summed E-state index contributed by atoms with van der Waals surface area (Å²) in [6, 6.07) is 16.4. The summed E-state index contributed by atoms with van der Waals surface area (Å²) in [5, 5.41) is 0.731. The highest BCUT2D eigenvalue weighted by molar-refractivity contribution is 7.19. The number of thiophene rings is 1. The molecule has 0 saturated heterocycles. The van der Waals surface area contributed by atoms with Crippen LogP contribution in [0, 0.1) is 20.8 Å². The molecule has 0 unspecified atom stereocenters. The van der Waals surface area contributed by atoms with E-state index in [9.17, 15) is 4.79 Å². The van der Waals surface area contributed by atoms with Gasteiger partial charge in [-0.05, 0) is 43.0 Å². The molecule has 0 fully saturated rings. The van der Waals surface area contributed by atoms with Crippen LogP contribution in [0.4, 0.5) is 0 Å². The Kier molecular flexibility index (Phi) is 4.21. The molecule has 4 aromatic rings. The maximum absolute atomic E-state index is 13.2. The van der Waals surface area contributed by atoms with E-state index in [1.54, 1.807) is 22.2 Å². The van der Waals surface area contributed by atoms with Crippen molar-refractivity contribution in [3.05, 3.63) is 86.8 Å². The van der Waals surface area contributed by atoms with Crippen LogP contribution in [0.15, 0.2) is 59.7 Å². The van der Waals surface area contributed by atoms with Gasteiger partial charge in [-0.25, -0.2) is 4.98 Å². The van der Waals surface area contributed by atoms with Crippen molar-refractivity contribution in [3.8, 4) is 11.1 Å². The van der Waals surface area contributed by atoms with Gasteiger partial charge < -0.3 is 0 Å². The summed E-state index contributed by atoms with van der Waals surface area (Å²) in [5.74, 6) is 0. The highest BCUT2D eigenvalue weighted by atomic mass is 32.1. The molecule has 0 aliphatic carbocycles. The first-order chi connectivity index (χ1) is 12.5. The van der Waals surface area contributed by atoms with Crippen LogP contribution in [0.5, 0.6) is 0 Å². The van der Waals surface area contributed by atoms with E-state index in [0.717, 1.165) is 31.8 Å². The number of aryl methyl sites for hydroxylation is 3. The fraction of sp³-hybridized carbons (Fsp3) is 0.182. The molecule has 130 valence electrons. The maximum atomic E-state index is 13.2. The van der Waals surface area contributed by atoms with E-state index in [2.05, 4.69) is 44.0 Å². The van der Waals surface area contributed by atoms with Crippen LogP contribution in [0.2, 0.25) is 0 Å². The number of hydrogen-bond acceptors (Lipinski definition) is 3. The number of nitrogens with zero attached hydrogens (tertiary/aromatic N) is 2. The van der Waals surface area contributed by atoms with Crippen molar-refractivity contribution >= 4 is 21.6 Å². The predicted octanol–water partition coefficient (Wildman–Crippen LogP) is 5.10. The van der Waals surface area contributed by atoms with Gasteiger partial charge in [0.1, 0.15) is 4.83 Å². The molecular formula is C22H20N2OS. The molecule has 0 aliphatic rings. The first kappa shape index (κ1) is 16.7. The van der Waals surface area contributed by atoms with E-state index in [1.807, 2.05) is 30.3 Å². The third-order valence-electron chi connectivity index (χ3n) is 4.85. The van der Waals surface area contributed by atoms with Crippen molar-refractivity contribution in [2.45, 2.75) is 27.3 Å². The second-order valence-electron chi connectivity index (χ2n) is 6.68. The van der Waals surface area contributed by atoms with Crippen molar-refractivity contribution in [1.29, 1.82) is 0 Å². The molecule has 0 aliphatic heterocycles. The Hall–Kier alpha value is -2.72. The number of rotatable bonds is 3.